The summed E-state index contributed by atoms with van der Waals surface area (Å²) in [6.45, 7) is 0.816. The van der Waals surface area contributed by atoms with E-state index < -0.39 is 4.45 Å². The number of aromatic amines is 1. The van der Waals surface area contributed by atoms with Gasteiger partial charge in [0.1, 0.15) is 10.8 Å². The molecule has 0 aliphatic carbocycles. The quantitative estimate of drug-likeness (QED) is 0.573. The van der Waals surface area contributed by atoms with Crippen LogP contribution in [0.4, 0.5) is 5.69 Å². The normalized spacial score (nSPS) is 28.1. The lowest BCUT2D eigenvalue weighted by atomic mass is 9.94. The van der Waals surface area contributed by atoms with Gasteiger partial charge in [0.05, 0.1) is 11.8 Å². The number of aromatic nitrogens is 3. The van der Waals surface area contributed by atoms with Crippen molar-refractivity contribution in [1.29, 1.82) is 0 Å². The highest BCUT2D eigenvalue weighted by molar-refractivity contribution is 9.09. The number of hydrogen-bond donors (Lipinski definition) is 3. The average Bonchev–Trinajstić information content (AvgIpc) is 3.17. The number of anilines is 1. The highest BCUT2D eigenvalue weighted by atomic mass is 79.9. The fourth-order valence-corrected chi connectivity index (χ4v) is 3.77. The largest absolute Gasteiger partial charge is 0.375 e. The van der Waals surface area contributed by atoms with Crippen molar-refractivity contribution in [2.45, 2.75) is 29.8 Å². The van der Waals surface area contributed by atoms with Crippen LogP contribution in [0.25, 0.3) is 11.4 Å². The van der Waals surface area contributed by atoms with Crippen LogP contribution in [-0.4, -0.2) is 27.9 Å². The van der Waals surface area contributed by atoms with E-state index in [-0.39, 0.29) is 6.10 Å². The predicted octanol–water partition coefficient (Wildman–Crippen LogP) is 2.52. The molecule has 2 aliphatic heterocycles. The van der Waals surface area contributed by atoms with Crippen molar-refractivity contribution < 1.29 is 4.74 Å². The van der Waals surface area contributed by atoms with E-state index in [0.29, 0.717) is 0 Å². The summed E-state index contributed by atoms with van der Waals surface area (Å²) >= 11 is 3.86. The molecule has 1 aromatic heterocycles. The lowest BCUT2D eigenvalue weighted by molar-refractivity contribution is -0.0127. The van der Waals surface area contributed by atoms with Crippen molar-refractivity contribution in [2.24, 2.45) is 0 Å². The first-order valence-electron chi connectivity index (χ1n) is 7.11. The molecule has 0 saturated carbocycles. The van der Waals surface area contributed by atoms with Gasteiger partial charge in [-0.05, 0) is 37.5 Å². The Morgan fingerprint density at radius 1 is 1.33 bits per heavy atom. The highest BCUT2D eigenvalue weighted by Crippen LogP contribution is 2.45. The van der Waals surface area contributed by atoms with Crippen LogP contribution >= 0.6 is 15.9 Å². The van der Waals surface area contributed by atoms with Crippen molar-refractivity contribution in [3.05, 3.63) is 30.1 Å². The summed E-state index contributed by atoms with van der Waals surface area (Å²) in [6, 6.07) is 6.19. The highest BCUT2D eigenvalue weighted by Gasteiger charge is 2.45. The Labute approximate surface area is 130 Å². The molecule has 1 aromatic carbocycles. The fraction of sp³-hybridized carbons (Fsp3) is 0.429. The van der Waals surface area contributed by atoms with E-state index in [1.807, 2.05) is 12.1 Å². The number of hydrogen-bond acceptors (Lipinski definition) is 5. The summed E-state index contributed by atoms with van der Waals surface area (Å²) in [4.78, 5) is 4.22. The van der Waals surface area contributed by atoms with Crippen LogP contribution < -0.4 is 10.9 Å². The first kappa shape index (κ1) is 13.2. The molecule has 0 radical (unpaired) electrons. The zero-order valence-corrected chi connectivity index (χ0v) is 13.0. The van der Waals surface area contributed by atoms with Crippen LogP contribution in [0.1, 0.15) is 24.8 Å². The maximum atomic E-state index is 5.97. The molecule has 0 bridgehead atoms. The van der Waals surface area contributed by atoms with Gasteiger partial charge in [0.15, 0.2) is 5.82 Å². The second-order valence-corrected chi connectivity index (χ2v) is 6.66. The van der Waals surface area contributed by atoms with E-state index in [1.54, 1.807) is 0 Å². The smallest absolute Gasteiger partial charge is 0.155 e. The van der Waals surface area contributed by atoms with Gasteiger partial charge in [-0.1, -0.05) is 15.9 Å². The third-order valence-electron chi connectivity index (χ3n) is 4.10. The number of ether oxygens (including phenoxy) is 1. The Morgan fingerprint density at radius 2 is 2.29 bits per heavy atom. The fourth-order valence-electron chi connectivity index (χ4n) is 2.98. The molecule has 3 heterocycles. The second kappa shape index (κ2) is 5.08. The molecule has 3 N–H and O–H groups in total. The molecular formula is C14H16BrN5O. The van der Waals surface area contributed by atoms with Crippen molar-refractivity contribution in [3.8, 4) is 11.4 Å². The zero-order chi connectivity index (χ0) is 14.3. The van der Waals surface area contributed by atoms with E-state index >= 15 is 0 Å². The molecular weight excluding hydrogens is 334 g/mol. The minimum Gasteiger partial charge on any atom is -0.375 e. The molecule has 110 valence electrons. The molecule has 2 atom stereocenters. The van der Waals surface area contributed by atoms with E-state index in [9.17, 15) is 0 Å². The standard InChI is InChI=1S/C14H16BrN5O/c15-14(12-3-1-2-6-21-12)10-7-9(13-16-8-17-19-13)4-5-11(10)18-20-14/h4-5,7-8,12,18,20H,1-3,6H2,(H,16,17,19). The average molecular weight is 350 g/mol. The molecule has 1 fully saturated rings. The van der Waals surface area contributed by atoms with E-state index in [2.05, 4.69) is 48.0 Å². The summed E-state index contributed by atoms with van der Waals surface area (Å²) < 4.78 is 5.56. The summed E-state index contributed by atoms with van der Waals surface area (Å²) in [5.74, 6) is 0.768. The number of fused-ring (bicyclic) bond motifs is 1. The summed E-state index contributed by atoms with van der Waals surface area (Å²) in [5.41, 5.74) is 9.79. The minimum atomic E-state index is -0.404. The monoisotopic (exact) mass is 349 g/mol. The number of H-pyrrole nitrogens is 1. The molecule has 6 nitrogen and oxygen atoms in total. The first-order valence-corrected chi connectivity index (χ1v) is 7.90. The number of halogens is 1. The van der Waals surface area contributed by atoms with Gasteiger partial charge < -0.3 is 10.2 Å². The Kier molecular flexibility index (Phi) is 3.20. The lowest BCUT2D eigenvalue weighted by Crippen LogP contribution is -2.47. The minimum absolute atomic E-state index is 0.102. The van der Waals surface area contributed by atoms with Crippen LogP contribution in [0.15, 0.2) is 24.5 Å². The van der Waals surface area contributed by atoms with Gasteiger partial charge in [-0.25, -0.2) is 10.4 Å². The lowest BCUT2D eigenvalue weighted by Gasteiger charge is -2.35. The maximum absolute atomic E-state index is 5.97. The van der Waals surface area contributed by atoms with Crippen LogP contribution in [0.2, 0.25) is 0 Å². The molecule has 0 spiro atoms. The van der Waals surface area contributed by atoms with E-state index in [4.69, 9.17) is 4.74 Å². The summed E-state index contributed by atoms with van der Waals surface area (Å²) in [5, 5.41) is 6.82. The number of nitrogens with zero attached hydrogens (tertiary/aromatic N) is 2. The predicted molar refractivity (Wildman–Crippen MR) is 82.8 cm³/mol. The van der Waals surface area contributed by atoms with Crippen LogP contribution in [-0.2, 0) is 9.19 Å². The van der Waals surface area contributed by atoms with Gasteiger partial charge in [0.25, 0.3) is 0 Å². The van der Waals surface area contributed by atoms with Crippen molar-refractivity contribution >= 4 is 21.6 Å². The number of nitrogens with one attached hydrogen (secondary N) is 3. The van der Waals surface area contributed by atoms with Crippen molar-refractivity contribution in [1.82, 2.24) is 20.6 Å². The summed E-state index contributed by atoms with van der Waals surface area (Å²) in [7, 11) is 0. The number of benzene rings is 1. The molecule has 2 aliphatic rings. The summed E-state index contributed by atoms with van der Waals surface area (Å²) in [6.07, 6.45) is 4.98. The molecule has 21 heavy (non-hydrogen) atoms. The first-order chi connectivity index (χ1) is 10.3. The van der Waals surface area contributed by atoms with Gasteiger partial charge in [-0.2, -0.15) is 5.10 Å². The van der Waals surface area contributed by atoms with Crippen LogP contribution in [0.3, 0.4) is 0 Å². The Morgan fingerprint density at radius 3 is 3.05 bits per heavy atom. The number of hydrazine groups is 1. The van der Waals surface area contributed by atoms with Gasteiger partial charge in [0.2, 0.25) is 0 Å². The molecule has 7 heteroatoms. The van der Waals surface area contributed by atoms with Crippen LogP contribution in [0.5, 0.6) is 0 Å². The van der Waals surface area contributed by atoms with Crippen LogP contribution in [0, 0.1) is 0 Å². The second-order valence-electron chi connectivity index (χ2n) is 5.41. The topological polar surface area (TPSA) is 74.9 Å². The number of alkyl halides is 1. The van der Waals surface area contributed by atoms with E-state index in [1.165, 1.54) is 12.7 Å². The van der Waals surface area contributed by atoms with Gasteiger partial charge in [-0.15, -0.1) is 0 Å². The molecule has 2 unspecified atom stereocenters. The maximum Gasteiger partial charge on any atom is 0.155 e. The molecule has 2 aromatic rings. The Bertz CT molecular complexity index is 641. The Hall–Kier alpha value is -1.44. The molecule has 0 amide bonds. The SMILES string of the molecule is BrC1(C2CCCCO2)NNc2ccc(-c3ncn[nH]3)cc21. The van der Waals surface area contributed by atoms with E-state index in [0.717, 1.165) is 42.1 Å². The third-order valence-corrected chi connectivity index (χ3v) is 5.24. The molecule has 4 rings (SSSR count). The zero-order valence-electron chi connectivity index (χ0n) is 11.4. The van der Waals surface area contributed by atoms with Gasteiger partial charge in [0, 0.05) is 17.7 Å². The Balaban J connectivity index is 1.74. The van der Waals surface area contributed by atoms with Gasteiger partial charge in [-0.3, -0.25) is 5.10 Å². The van der Waals surface area contributed by atoms with Gasteiger partial charge >= 0.3 is 0 Å². The van der Waals surface area contributed by atoms with Crippen molar-refractivity contribution in [3.63, 3.8) is 0 Å². The molecule has 1 saturated heterocycles. The third kappa shape index (κ3) is 2.16. The number of rotatable bonds is 2. The van der Waals surface area contributed by atoms with Crippen molar-refractivity contribution in [2.75, 3.05) is 12.0 Å².